The zero-order valence-corrected chi connectivity index (χ0v) is 17.0. The Morgan fingerprint density at radius 3 is 2.30 bits per heavy atom. The number of carbonyl (C=O) groups excluding carboxylic acids is 2. The minimum atomic E-state index is -1.06. The van der Waals surface area contributed by atoms with Gasteiger partial charge in [-0.2, -0.15) is 5.10 Å². The second kappa shape index (κ2) is 7.85. The van der Waals surface area contributed by atoms with Gasteiger partial charge in [0.1, 0.15) is 5.54 Å². The number of esters is 1. The summed E-state index contributed by atoms with van der Waals surface area (Å²) in [7, 11) is 1.31. The van der Waals surface area contributed by atoms with Gasteiger partial charge in [-0.25, -0.2) is 19.4 Å². The Labute approximate surface area is 159 Å². The molecule has 0 spiro atoms. The number of carbonyl (C=O) groups is 2. The van der Waals surface area contributed by atoms with Crippen LogP contribution in [-0.4, -0.2) is 44.3 Å². The summed E-state index contributed by atoms with van der Waals surface area (Å²) in [5.41, 5.74) is 2.95. The molecular formula is C19H27N5O3. The van der Waals surface area contributed by atoms with Crippen molar-refractivity contribution in [2.75, 3.05) is 7.11 Å². The zero-order chi connectivity index (χ0) is 20.4. The first-order valence-corrected chi connectivity index (χ1v) is 8.88. The maximum absolute atomic E-state index is 12.6. The fourth-order valence-corrected chi connectivity index (χ4v) is 2.95. The number of ether oxygens (including phenoxy) is 1. The molecule has 1 atom stereocenters. The number of rotatable bonds is 6. The van der Waals surface area contributed by atoms with E-state index in [-0.39, 0.29) is 12.3 Å². The molecule has 0 unspecified atom stereocenters. The predicted molar refractivity (Wildman–Crippen MR) is 101 cm³/mol. The van der Waals surface area contributed by atoms with Crippen molar-refractivity contribution in [1.82, 2.24) is 25.1 Å². The highest BCUT2D eigenvalue weighted by atomic mass is 16.5. The second-order valence-corrected chi connectivity index (χ2v) is 6.91. The van der Waals surface area contributed by atoms with Crippen LogP contribution in [0, 0.1) is 27.7 Å². The summed E-state index contributed by atoms with van der Waals surface area (Å²) in [6.07, 6.45) is 0.536. The summed E-state index contributed by atoms with van der Waals surface area (Å²) in [6, 6.07) is 1.89. The van der Waals surface area contributed by atoms with Gasteiger partial charge in [0, 0.05) is 22.6 Å². The van der Waals surface area contributed by atoms with Crippen molar-refractivity contribution < 1.29 is 14.3 Å². The highest BCUT2D eigenvalue weighted by Crippen LogP contribution is 2.18. The summed E-state index contributed by atoms with van der Waals surface area (Å²) in [6.45, 7) is 11.0. The molecular weight excluding hydrogens is 346 g/mol. The van der Waals surface area contributed by atoms with Crippen LogP contribution in [0.2, 0.25) is 0 Å². The highest BCUT2D eigenvalue weighted by Gasteiger charge is 2.34. The van der Waals surface area contributed by atoms with E-state index in [2.05, 4.69) is 20.4 Å². The van der Waals surface area contributed by atoms with Gasteiger partial charge in [0.05, 0.1) is 19.2 Å². The lowest BCUT2D eigenvalue weighted by molar-refractivity contribution is -0.150. The molecule has 8 heteroatoms. The van der Waals surface area contributed by atoms with Crippen molar-refractivity contribution in [3.8, 4) is 5.95 Å². The molecule has 1 N–H and O–H groups in total. The van der Waals surface area contributed by atoms with Gasteiger partial charge in [-0.15, -0.1) is 0 Å². The van der Waals surface area contributed by atoms with Crippen molar-refractivity contribution in [1.29, 1.82) is 0 Å². The third-order valence-electron chi connectivity index (χ3n) is 4.70. The van der Waals surface area contributed by atoms with Gasteiger partial charge in [-0.05, 0) is 47.1 Å². The number of methoxy groups -OCH3 is 1. The molecule has 2 aromatic heterocycles. The Hall–Kier alpha value is -2.77. The SMILES string of the molecule is CC[C@](C)(NC(=O)Cc1c(C)nn(-c2nc(C)cc(C)n2)c1C)C(=O)OC. The van der Waals surface area contributed by atoms with Crippen molar-refractivity contribution >= 4 is 11.9 Å². The molecule has 2 aromatic rings. The maximum atomic E-state index is 12.6. The molecule has 0 saturated heterocycles. The maximum Gasteiger partial charge on any atom is 0.331 e. The number of hydrogen-bond donors (Lipinski definition) is 1. The Balaban J connectivity index is 2.29. The molecule has 27 heavy (non-hydrogen) atoms. The van der Waals surface area contributed by atoms with E-state index in [9.17, 15) is 9.59 Å². The van der Waals surface area contributed by atoms with E-state index in [1.165, 1.54) is 7.11 Å². The van der Waals surface area contributed by atoms with E-state index < -0.39 is 11.5 Å². The predicted octanol–water partition coefficient (Wildman–Crippen LogP) is 1.90. The summed E-state index contributed by atoms with van der Waals surface area (Å²) in [5, 5.41) is 7.29. The van der Waals surface area contributed by atoms with Gasteiger partial charge in [-0.1, -0.05) is 6.92 Å². The highest BCUT2D eigenvalue weighted by molar-refractivity contribution is 5.88. The molecule has 0 aromatic carbocycles. The molecule has 0 radical (unpaired) electrons. The average Bonchev–Trinajstić information content (AvgIpc) is 2.88. The van der Waals surface area contributed by atoms with Crippen LogP contribution >= 0.6 is 0 Å². The standard InChI is InChI=1S/C19H27N5O3/c1-8-19(6,17(26)27-7)22-16(25)10-15-13(4)23-24(14(15)5)18-20-11(2)9-12(3)21-18/h9H,8,10H2,1-7H3,(H,22,25)/t19-/m0/s1. The van der Waals surface area contributed by atoms with Gasteiger partial charge in [0.15, 0.2) is 0 Å². The molecule has 0 aliphatic heterocycles. The fourth-order valence-electron chi connectivity index (χ4n) is 2.95. The van der Waals surface area contributed by atoms with E-state index in [1.807, 2.05) is 40.7 Å². The Morgan fingerprint density at radius 1 is 1.19 bits per heavy atom. The van der Waals surface area contributed by atoms with E-state index in [0.717, 1.165) is 28.3 Å². The number of aromatic nitrogens is 4. The van der Waals surface area contributed by atoms with Gasteiger partial charge >= 0.3 is 5.97 Å². The van der Waals surface area contributed by atoms with Crippen LogP contribution in [0.5, 0.6) is 0 Å². The smallest absolute Gasteiger partial charge is 0.331 e. The number of nitrogens with zero attached hydrogens (tertiary/aromatic N) is 4. The van der Waals surface area contributed by atoms with E-state index in [1.54, 1.807) is 11.6 Å². The number of amides is 1. The summed E-state index contributed by atoms with van der Waals surface area (Å²) >= 11 is 0. The fraction of sp³-hybridized carbons (Fsp3) is 0.526. The first-order chi connectivity index (χ1) is 12.6. The van der Waals surface area contributed by atoms with E-state index >= 15 is 0 Å². The first-order valence-electron chi connectivity index (χ1n) is 8.88. The lowest BCUT2D eigenvalue weighted by atomic mass is 9.98. The molecule has 2 rings (SSSR count). The summed E-state index contributed by atoms with van der Waals surface area (Å²) in [5.74, 6) is -0.254. The molecule has 0 bridgehead atoms. The zero-order valence-electron chi connectivity index (χ0n) is 17.0. The Bertz CT molecular complexity index is 854. The minimum absolute atomic E-state index is 0.106. The van der Waals surface area contributed by atoms with Crippen LogP contribution in [0.4, 0.5) is 0 Å². The molecule has 146 valence electrons. The number of nitrogens with one attached hydrogen (secondary N) is 1. The van der Waals surface area contributed by atoms with E-state index in [0.29, 0.717) is 12.4 Å². The first kappa shape index (κ1) is 20.5. The molecule has 0 fully saturated rings. The summed E-state index contributed by atoms with van der Waals surface area (Å²) < 4.78 is 6.45. The van der Waals surface area contributed by atoms with Crippen LogP contribution in [-0.2, 0) is 20.7 Å². The van der Waals surface area contributed by atoms with Crippen molar-refractivity contribution in [3.63, 3.8) is 0 Å². The number of aryl methyl sites for hydroxylation is 3. The van der Waals surface area contributed by atoms with Crippen LogP contribution in [0.3, 0.4) is 0 Å². The third-order valence-corrected chi connectivity index (χ3v) is 4.70. The second-order valence-electron chi connectivity index (χ2n) is 6.91. The monoisotopic (exact) mass is 373 g/mol. The van der Waals surface area contributed by atoms with Crippen molar-refractivity contribution in [2.45, 2.75) is 59.9 Å². The van der Waals surface area contributed by atoms with Gasteiger partial charge in [0.25, 0.3) is 5.95 Å². The summed E-state index contributed by atoms with van der Waals surface area (Å²) in [4.78, 5) is 33.4. The van der Waals surface area contributed by atoms with Crippen LogP contribution in [0.25, 0.3) is 5.95 Å². The Morgan fingerprint density at radius 2 is 1.78 bits per heavy atom. The molecule has 8 nitrogen and oxygen atoms in total. The molecule has 2 heterocycles. The molecule has 0 aliphatic carbocycles. The van der Waals surface area contributed by atoms with Crippen molar-refractivity contribution in [2.24, 2.45) is 0 Å². The van der Waals surface area contributed by atoms with Crippen molar-refractivity contribution in [3.05, 3.63) is 34.4 Å². The average molecular weight is 373 g/mol. The normalized spacial score (nSPS) is 13.1. The van der Waals surface area contributed by atoms with Gasteiger partial charge < -0.3 is 10.1 Å². The van der Waals surface area contributed by atoms with Gasteiger partial charge in [-0.3, -0.25) is 4.79 Å². The molecule has 1 amide bonds. The lowest BCUT2D eigenvalue weighted by Crippen LogP contribution is -2.52. The lowest BCUT2D eigenvalue weighted by Gasteiger charge is -2.26. The number of hydrogen-bond acceptors (Lipinski definition) is 6. The largest absolute Gasteiger partial charge is 0.467 e. The van der Waals surface area contributed by atoms with Crippen LogP contribution in [0.1, 0.15) is 48.6 Å². The molecule has 0 saturated carbocycles. The quantitative estimate of drug-likeness (QED) is 0.777. The van der Waals surface area contributed by atoms with Crippen LogP contribution in [0.15, 0.2) is 6.07 Å². The minimum Gasteiger partial charge on any atom is -0.467 e. The Kier molecular flexibility index (Phi) is 5.98. The third kappa shape index (κ3) is 4.32. The van der Waals surface area contributed by atoms with Crippen LogP contribution < -0.4 is 5.32 Å². The van der Waals surface area contributed by atoms with E-state index in [4.69, 9.17) is 4.74 Å². The topological polar surface area (TPSA) is 99.0 Å². The van der Waals surface area contributed by atoms with Gasteiger partial charge in [0.2, 0.25) is 5.91 Å². The molecule has 0 aliphatic rings.